The summed E-state index contributed by atoms with van der Waals surface area (Å²) in [5.41, 5.74) is 19.0. The number of fused-ring (bicyclic) bond motifs is 4. The molecule has 0 saturated heterocycles. The minimum Gasteiger partial charge on any atom is -0.261 e. The molecule has 4 aromatic rings. The summed E-state index contributed by atoms with van der Waals surface area (Å²) < 4.78 is 0. The highest BCUT2D eigenvalue weighted by Gasteiger charge is 2.14. The Labute approximate surface area is 287 Å². The SMILES string of the molecule is CCc1cc2c(cn1)C=C(C)C2.CCc1ccc2c(n1)CC(C)=C2.CCc1cnc2c(n1)CC(C)=C2.CCc1ncc2c(n1)CC(C)=C2. The molecule has 0 spiro atoms. The molecule has 0 aliphatic heterocycles. The van der Waals surface area contributed by atoms with E-state index in [1.54, 1.807) is 0 Å². The molecule has 4 aliphatic carbocycles. The quantitative estimate of drug-likeness (QED) is 0.222. The molecule has 0 N–H and O–H groups in total. The summed E-state index contributed by atoms with van der Waals surface area (Å²) >= 11 is 0. The lowest BCUT2D eigenvalue weighted by atomic mass is 10.1. The molecule has 0 amide bonds. The molecule has 0 atom stereocenters. The fraction of sp³-hybridized carbons (Fsp3) is 0.381. The van der Waals surface area contributed by atoms with Crippen molar-refractivity contribution >= 4 is 24.3 Å². The number of rotatable bonds is 4. The first-order chi connectivity index (χ1) is 23.2. The Morgan fingerprint density at radius 3 is 1.77 bits per heavy atom. The Hall–Kier alpha value is -4.58. The van der Waals surface area contributed by atoms with Gasteiger partial charge in [-0.15, -0.1) is 0 Å². The first-order valence-corrected chi connectivity index (χ1v) is 17.5. The second kappa shape index (κ2) is 16.0. The van der Waals surface area contributed by atoms with Gasteiger partial charge in [-0.25, -0.2) is 9.97 Å². The van der Waals surface area contributed by atoms with Crippen LogP contribution < -0.4 is 0 Å². The second-order valence-electron chi connectivity index (χ2n) is 13.2. The number of aromatic nitrogens is 6. The minimum absolute atomic E-state index is 0.923. The van der Waals surface area contributed by atoms with Gasteiger partial charge in [-0.3, -0.25) is 19.9 Å². The highest BCUT2D eigenvalue weighted by molar-refractivity contribution is 5.63. The molecule has 0 fully saturated rings. The molecule has 4 aliphatic rings. The zero-order valence-electron chi connectivity index (χ0n) is 30.1. The molecule has 0 bridgehead atoms. The van der Waals surface area contributed by atoms with Gasteiger partial charge in [0.1, 0.15) is 5.82 Å². The molecule has 4 heterocycles. The molecule has 6 nitrogen and oxygen atoms in total. The largest absolute Gasteiger partial charge is 0.261 e. The summed E-state index contributed by atoms with van der Waals surface area (Å²) in [6.07, 6.45) is 22.6. The third-order valence-corrected chi connectivity index (χ3v) is 8.82. The van der Waals surface area contributed by atoms with Gasteiger partial charge in [-0.05, 0) is 88.3 Å². The first kappa shape index (κ1) is 34.7. The van der Waals surface area contributed by atoms with Crippen LogP contribution in [0.25, 0.3) is 24.3 Å². The van der Waals surface area contributed by atoms with E-state index in [1.165, 1.54) is 67.3 Å². The fourth-order valence-corrected chi connectivity index (χ4v) is 6.19. The number of hydrogen-bond acceptors (Lipinski definition) is 6. The number of allylic oxidation sites excluding steroid dienone is 4. The van der Waals surface area contributed by atoms with Gasteiger partial charge in [-0.2, -0.15) is 0 Å². The molecular weight excluding hydrogens is 589 g/mol. The topological polar surface area (TPSA) is 77.3 Å². The lowest BCUT2D eigenvalue weighted by molar-refractivity contribution is 0.900. The zero-order chi connectivity index (χ0) is 34.2. The van der Waals surface area contributed by atoms with Gasteiger partial charge >= 0.3 is 0 Å². The lowest BCUT2D eigenvalue weighted by Crippen LogP contribution is -1.97. The van der Waals surface area contributed by atoms with Crippen molar-refractivity contribution in [3.8, 4) is 0 Å². The van der Waals surface area contributed by atoms with E-state index in [-0.39, 0.29) is 0 Å². The van der Waals surface area contributed by atoms with Crippen LogP contribution in [0.3, 0.4) is 0 Å². The van der Waals surface area contributed by atoms with Gasteiger partial charge in [0.15, 0.2) is 0 Å². The molecule has 6 heteroatoms. The number of hydrogen-bond donors (Lipinski definition) is 0. The van der Waals surface area contributed by atoms with E-state index in [0.717, 1.165) is 74.3 Å². The normalized spacial score (nSPS) is 14.3. The Balaban J connectivity index is 0.000000125. The maximum atomic E-state index is 4.57. The van der Waals surface area contributed by atoms with Gasteiger partial charge in [0, 0.05) is 61.2 Å². The van der Waals surface area contributed by atoms with Crippen molar-refractivity contribution in [3.05, 3.63) is 127 Å². The van der Waals surface area contributed by atoms with E-state index in [0.29, 0.717) is 0 Å². The van der Waals surface area contributed by atoms with Gasteiger partial charge in [-0.1, -0.05) is 74.3 Å². The average molecular weight is 639 g/mol. The van der Waals surface area contributed by atoms with E-state index in [9.17, 15) is 0 Å². The highest BCUT2D eigenvalue weighted by atomic mass is 14.9. The predicted octanol–water partition coefficient (Wildman–Crippen LogP) is 9.20. The predicted molar refractivity (Wildman–Crippen MR) is 199 cm³/mol. The smallest absolute Gasteiger partial charge is 0.128 e. The molecule has 0 aromatic carbocycles. The monoisotopic (exact) mass is 638 g/mol. The zero-order valence-corrected chi connectivity index (χ0v) is 30.1. The van der Waals surface area contributed by atoms with Crippen LogP contribution in [0.5, 0.6) is 0 Å². The van der Waals surface area contributed by atoms with Crippen LogP contribution in [-0.2, 0) is 51.4 Å². The maximum absolute atomic E-state index is 4.57. The summed E-state index contributed by atoms with van der Waals surface area (Å²) in [5, 5.41) is 0. The van der Waals surface area contributed by atoms with Gasteiger partial charge in [0.05, 0.1) is 28.5 Å². The Bertz CT molecular complexity index is 1630. The minimum atomic E-state index is 0.923. The Morgan fingerprint density at radius 2 is 1.06 bits per heavy atom. The molecule has 248 valence electrons. The van der Waals surface area contributed by atoms with Crippen molar-refractivity contribution < 1.29 is 0 Å². The summed E-state index contributed by atoms with van der Waals surface area (Å²) in [6.45, 7) is 17.1. The maximum Gasteiger partial charge on any atom is 0.128 e. The van der Waals surface area contributed by atoms with Gasteiger partial charge in [0.25, 0.3) is 0 Å². The summed E-state index contributed by atoms with van der Waals surface area (Å²) in [7, 11) is 0. The van der Waals surface area contributed by atoms with E-state index in [1.807, 2.05) is 18.6 Å². The van der Waals surface area contributed by atoms with Gasteiger partial charge in [0.2, 0.25) is 0 Å². The lowest BCUT2D eigenvalue weighted by Gasteiger charge is -2.00. The van der Waals surface area contributed by atoms with E-state index >= 15 is 0 Å². The van der Waals surface area contributed by atoms with Crippen molar-refractivity contribution in [2.24, 2.45) is 0 Å². The third kappa shape index (κ3) is 8.85. The van der Waals surface area contributed by atoms with Crippen LogP contribution in [0.1, 0.15) is 123 Å². The van der Waals surface area contributed by atoms with Crippen molar-refractivity contribution in [2.45, 2.75) is 107 Å². The average Bonchev–Trinajstić information content (AvgIpc) is 3.86. The van der Waals surface area contributed by atoms with Crippen LogP contribution in [-0.4, -0.2) is 29.9 Å². The van der Waals surface area contributed by atoms with Crippen molar-refractivity contribution in [1.29, 1.82) is 0 Å². The van der Waals surface area contributed by atoms with Crippen LogP contribution >= 0.6 is 0 Å². The summed E-state index contributed by atoms with van der Waals surface area (Å²) in [4.78, 5) is 26.5. The van der Waals surface area contributed by atoms with Crippen molar-refractivity contribution in [2.75, 3.05) is 0 Å². The molecule has 4 aromatic heterocycles. The molecule has 0 radical (unpaired) electrons. The van der Waals surface area contributed by atoms with E-state index in [2.05, 4.69) is 128 Å². The summed E-state index contributed by atoms with van der Waals surface area (Å²) in [6, 6.07) is 6.52. The number of nitrogens with zero attached hydrogens (tertiary/aromatic N) is 6. The van der Waals surface area contributed by atoms with E-state index < -0.39 is 0 Å². The van der Waals surface area contributed by atoms with Crippen LogP contribution in [0, 0.1) is 0 Å². The third-order valence-electron chi connectivity index (χ3n) is 8.82. The molecule has 8 rings (SSSR count). The summed E-state index contributed by atoms with van der Waals surface area (Å²) in [5.74, 6) is 0.955. The van der Waals surface area contributed by atoms with Crippen LogP contribution in [0.4, 0.5) is 0 Å². The molecule has 0 saturated carbocycles. The van der Waals surface area contributed by atoms with Crippen LogP contribution in [0.2, 0.25) is 0 Å². The molecule has 0 unspecified atom stereocenters. The second-order valence-corrected chi connectivity index (χ2v) is 13.2. The standard InChI is InChI=1S/2C11H13N.2C10H12N2/c1-3-11-6-9-4-8(2)5-10(9)7-12-11;1-3-10-5-4-9-6-8(2)7-11(9)12-10;1-3-10-11-6-8-4-7(2)5-9(8)12-10;1-3-8-6-11-9-4-7(2)5-10(9)12-8/h5-7H,3-4H2,1-2H3;4-6H,3,7H2,1-2H3;2*4,6H,3,5H2,1-2H3. The highest BCUT2D eigenvalue weighted by Crippen LogP contribution is 2.25. The fourth-order valence-electron chi connectivity index (χ4n) is 6.19. The number of aryl methyl sites for hydroxylation is 4. The van der Waals surface area contributed by atoms with E-state index in [4.69, 9.17) is 0 Å². The van der Waals surface area contributed by atoms with Gasteiger partial charge < -0.3 is 0 Å². The number of pyridine rings is 2. The Kier molecular flexibility index (Phi) is 11.6. The Morgan fingerprint density at radius 1 is 0.479 bits per heavy atom. The van der Waals surface area contributed by atoms with Crippen molar-refractivity contribution in [1.82, 2.24) is 29.9 Å². The molecular formula is C42H50N6. The molecule has 48 heavy (non-hydrogen) atoms. The van der Waals surface area contributed by atoms with Crippen LogP contribution in [0.15, 0.2) is 59.1 Å². The van der Waals surface area contributed by atoms with Crippen molar-refractivity contribution in [3.63, 3.8) is 0 Å². The first-order valence-electron chi connectivity index (χ1n) is 17.5.